The SMILES string of the molecule is CCC1(C#N)OCN=NCO1. The van der Waals surface area contributed by atoms with Crippen LogP contribution in [0.25, 0.3) is 0 Å². The van der Waals surface area contributed by atoms with Gasteiger partial charge in [-0.05, 0) is 0 Å². The van der Waals surface area contributed by atoms with Crippen molar-refractivity contribution in [3.05, 3.63) is 0 Å². The first-order valence-electron chi connectivity index (χ1n) is 3.35. The Morgan fingerprint density at radius 3 is 2.36 bits per heavy atom. The molecule has 0 N–H and O–H groups in total. The standard InChI is InChI=1S/C6H9N3O2/c1-2-6(3-7)10-4-8-9-5-11-6/h2,4-5H2,1H3. The predicted molar refractivity (Wildman–Crippen MR) is 35.4 cm³/mol. The van der Waals surface area contributed by atoms with Gasteiger partial charge in [0.25, 0.3) is 5.79 Å². The van der Waals surface area contributed by atoms with E-state index in [2.05, 4.69) is 10.2 Å². The van der Waals surface area contributed by atoms with Crippen LogP contribution >= 0.6 is 0 Å². The minimum absolute atomic E-state index is 0.0986. The van der Waals surface area contributed by atoms with Gasteiger partial charge in [-0.15, -0.1) is 0 Å². The highest BCUT2D eigenvalue weighted by Gasteiger charge is 2.31. The second-order valence-electron chi connectivity index (χ2n) is 2.05. The molecule has 1 rings (SSSR count). The normalized spacial score (nSPS) is 22.2. The minimum atomic E-state index is -1.14. The molecule has 0 saturated carbocycles. The average Bonchev–Trinajstić information content (AvgIpc) is 2.30. The molecule has 0 amide bonds. The van der Waals surface area contributed by atoms with Gasteiger partial charge in [0.05, 0.1) is 0 Å². The van der Waals surface area contributed by atoms with Gasteiger partial charge in [-0.3, -0.25) is 0 Å². The fraction of sp³-hybridized carbons (Fsp3) is 0.833. The second-order valence-corrected chi connectivity index (χ2v) is 2.05. The van der Waals surface area contributed by atoms with Crippen molar-refractivity contribution < 1.29 is 9.47 Å². The number of ether oxygens (including phenoxy) is 2. The molecule has 0 bridgehead atoms. The zero-order chi connectivity index (χ0) is 8.16. The number of hydrogen-bond acceptors (Lipinski definition) is 5. The molecule has 1 aliphatic rings. The van der Waals surface area contributed by atoms with Crippen LogP contribution in [0.2, 0.25) is 0 Å². The second kappa shape index (κ2) is 3.42. The maximum Gasteiger partial charge on any atom is 0.262 e. The highest BCUT2D eigenvalue weighted by Crippen LogP contribution is 2.18. The van der Waals surface area contributed by atoms with Crippen molar-refractivity contribution in [1.29, 1.82) is 5.26 Å². The molecule has 0 aromatic carbocycles. The molecule has 0 radical (unpaired) electrons. The van der Waals surface area contributed by atoms with Crippen LogP contribution in [0.4, 0.5) is 0 Å². The first kappa shape index (κ1) is 8.11. The van der Waals surface area contributed by atoms with Crippen molar-refractivity contribution in [1.82, 2.24) is 0 Å². The molecule has 0 aromatic heterocycles. The van der Waals surface area contributed by atoms with E-state index in [-0.39, 0.29) is 13.5 Å². The van der Waals surface area contributed by atoms with E-state index in [1.165, 1.54) is 0 Å². The summed E-state index contributed by atoms with van der Waals surface area (Å²) in [6.07, 6.45) is 0.481. The first-order valence-corrected chi connectivity index (χ1v) is 3.35. The monoisotopic (exact) mass is 155 g/mol. The van der Waals surface area contributed by atoms with E-state index in [4.69, 9.17) is 14.7 Å². The van der Waals surface area contributed by atoms with Crippen LogP contribution < -0.4 is 0 Å². The van der Waals surface area contributed by atoms with Gasteiger partial charge in [-0.2, -0.15) is 15.5 Å². The number of nitrogens with zero attached hydrogens (tertiary/aromatic N) is 3. The van der Waals surface area contributed by atoms with Crippen LogP contribution in [0.15, 0.2) is 10.2 Å². The smallest absolute Gasteiger partial charge is 0.262 e. The molecule has 0 saturated heterocycles. The van der Waals surface area contributed by atoms with Crippen molar-refractivity contribution in [3.8, 4) is 6.07 Å². The van der Waals surface area contributed by atoms with Crippen molar-refractivity contribution >= 4 is 0 Å². The van der Waals surface area contributed by atoms with Crippen molar-refractivity contribution in [2.75, 3.05) is 13.5 Å². The van der Waals surface area contributed by atoms with E-state index in [9.17, 15) is 0 Å². The van der Waals surface area contributed by atoms with Gasteiger partial charge in [-0.25, -0.2) is 0 Å². The van der Waals surface area contributed by atoms with E-state index in [0.717, 1.165) is 0 Å². The zero-order valence-electron chi connectivity index (χ0n) is 6.28. The van der Waals surface area contributed by atoms with Crippen LogP contribution in [0.1, 0.15) is 13.3 Å². The first-order chi connectivity index (χ1) is 5.33. The van der Waals surface area contributed by atoms with Crippen LogP contribution in [0, 0.1) is 11.3 Å². The molecule has 0 spiro atoms. The van der Waals surface area contributed by atoms with E-state index < -0.39 is 5.79 Å². The molecule has 1 heterocycles. The topological polar surface area (TPSA) is 67.0 Å². The fourth-order valence-electron chi connectivity index (χ4n) is 0.737. The Morgan fingerprint density at radius 1 is 1.45 bits per heavy atom. The van der Waals surface area contributed by atoms with Gasteiger partial charge in [0, 0.05) is 6.42 Å². The summed E-state index contributed by atoms with van der Waals surface area (Å²) in [7, 11) is 0. The molecule has 11 heavy (non-hydrogen) atoms. The summed E-state index contributed by atoms with van der Waals surface area (Å²) < 4.78 is 10.1. The van der Waals surface area contributed by atoms with Crippen molar-refractivity contribution in [2.24, 2.45) is 10.2 Å². The maximum absolute atomic E-state index is 8.68. The van der Waals surface area contributed by atoms with E-state index >= 15 is 0 Å². The molecular formula is C6H9N3O2. The number of rotatable bonds is 1. The zero-order valence-corrected chi connectivity index (χ0v) is 6.28. The third kappa shape index (κ3) is 1.73. The highest BCUT2D eigenvalue weighted by atomic mass is 16.7. The Labute approximate surface area is 64.6 Å². The lowest BCUT2D eigenvalue weighted by molar-refractivity contribution is -0.188. The molecule has 0 atom stereocenters. The molecule has 5 nitrogen and oxygen atoms in total. The predicted octanol–water partition coefficient (Wildman–Crippen LogP) is 1.03. The Hall–Kier alpha value is -0.990. The van der Waals surface area contributed by atoms with Crippen LogP contribution in [0.3, 0.4) is 0 Å². The fourth-order valence-corrected chi connectivity index (χ4v) is 0.737. The molecule has 0 aliphatic carbocycles. The number of hydrogen-bond donors (Lipinski definition) is 0. The lowest BCUT2D eigenvalue weighted by atomic mass is 10.2. The Balaban J connectivity index is 2.63. The average molecular weight is 155 g/mol. The van der Waals surface area contributed by atoms with E-state index in [1.54, 1.807) is 0 Å². The summed E-state index contributed by atoms with van der Waals surface area (Å²) in [5.74, 6) is -1.14. The molecule has 1 aliphatic heterocycles. The van der Waals surface area contributed by atoms with Gasteiger partial charge < -0.3 is 9.47 Å². The van der Waals surface area contributed by atoms with Gasteiger partial charge >= 0.3 is 0 Å². The summed E-state index contributed by atoms with van der Waals surface area (Å²) in [5, 5.41) is 15.9. The lowest BCUT2D eigenvalue weighted by Gasteiger charge is -2.20. The Morgan fingerprint density at radius 2 is 2.00 bits per heavy atom. The van der Waals surface area contributed by atoms with Crippen LogP contribution in [-0.2, 0) is 9.47 Å². The third-order valence-electron chi connectivity index (χ3n) is 1.45. The van der Waals surface area contributed by atoms with Crippen molar-refractivity contribution in [2.45, 2.75) is 19.1 Å². The van der Waals surface area contributed by atoms with Gasteiger partial charge in [0.1, 0.15) is 6.07 Å². The van der Waals surface area contributed by atoms with Gasteiger partial charge in [-0.1, -0.05) is 6.92 Å². The molecule has 0 aromatic rings. The molecular weight excluding hydrogens is 146 g/mol. The number of nitriles is 1. The highest BCUT2D eigenvalue weighted by molar-refractivity contribution is 4.93. The van der Waals surface area contributed by atoms with Gasteiger partial charge in [0.2, 0.25) is 0 Å². The third-order valence-corrected chi connectivity index (χ3v) is 1.45. The van der Waals surface area contributed by atoms with Crippen LogP contribution in [-0.4, -0.2) is 19.2 Å². The summed E-state index contributed by atoms with van der Waals surface area (Å²) >= 11 is 0. The van der Waals surface area contributed by atoms with Gasteiger partial charge in [0.15, 0.2) is 13.5 Å². The molecule has 5 heteroatoms. The molecule has 0 unspecified atom stereocenters. The summed E-state index contributed by atoms with van der Waals surface area (Å²) in [6.45, 7) is 2.01. The van der Waals surface area contributed by atoms with Crippen LogP contribution in [0.5, 0.6) is 0 Å². The van der Waals surface area contributed by atoms with E-state index in [0.29, 0.717) is 6.42 Å². The minimum Gasteiger partial charge on any atom is -0.313 e. The lowest BCUT2D eigenvalue weighted by Crippen LogP contribution is -2.32. The summed E-state index contributed by atoms with van der Waals surface area (Å²) in [5.41, 5.74) is 0. The number of azo groups is 1. The largest absolute Gasteiger partial charge is 0.313 e. The maximum atomic E-state index is 8.68. The Bertz CT molecular complexity index is 186. The van der Waals surface area contributed by atoms with E-state index in [1.807, 2.05) is 13.0 Å². The van der Waals surface area contributed by atoms with Crippen molar-refractivity contribution in [3.63, 3.8) is 0 Å². The molecule has 0 fully saturated rings. The quantitative estimate of drug-likeness (QED) is 0.568. The Kier molecular flexibility index (Phi) is 2.52. The summed E-state index contributed by atoms with van der Waals surface area (Å²) in [4.78, 5) is 0. The summed E-state index contributed by atoms with van der Waals surface area (Å²) in [6, 6.07) is 1.94. The molecule has 60 valence electrons.